The van der Waals surface area contributed by atoms with Gasteiger partial charge in [-0.05, 0) is 0 Å². The number of aliphatic hydroxyl groups is 2. The highest BCUT2D eigenvalue weighted by Gasteiger charge is 1.81. The van der Waals surface area contributed by atoms with Gasteiger partial charge in [0.2, 0.25) is 0 Å². The lowest BCUT2D eigenvalue weighted by Crippen LogP contribution is -1.91. The summed E-state index contributed by atoms with van der Waals surface area (Å²) in [6, 6.07) is 0. The van der Waals surface area contributed by atoms with Crippen molar-refractivity contribution in [2.45, 2.75) is 0 Å². The molecule has 0 heterocycles. The largest absolute Gasteiger partial charge is 0.466 e. The maximum atomic E-state index is 9.84. The van der Waals surface area contributed by atoms with Crippen molar-refractivity contribution >= 4 is 5.97 Å². The fourth-order valence-corrected chi connectivity index (χ4v) is 0.0833. The van der Waals surface area contributed by atoms with Crippen molar-refractivity contribution in [3.63, 3.8) is 0 Å². The number of esters is 1. The summed E-state index contributed by atoms with van der Waals surface area (Å²) >= 11 is 0. The first-order chi connectivity index (χ1) is 5.72. The van der Waals surface area contributed by atoms with Gasteiger partial charge in [0.25, 0.3) is 0 Å². The van der Waals surface area contributed by atoms with Crippen LogP contribution in [0.1, 0.15) is 0 Å². The molecule has 0 aromatic heterocycles. The van der Waals surface area contributed by atoms with Crippen LogP contribution >= 0.6 is 0 Å². The lowest BCUT2D eigenvalue weighted by Gasteiger charge is -1.83. The van der Waals surface area contributed by atoms with E-state index in [2.05, 4.69) is 24.5 Å². The first-order valence-corrected chi connectivity index (χ1v) is 3.15. The molecule has 4 nitrogen and oxygen atoms in total. The molecule has 0 unspecified atom stereocenters. The van der Waals surface area contributed by atoms with E-state index in [1.54, 1.807) is 0 Å². The molecular weight excluding hydrogens is 160 g/mol. The molecule has 4 heteroatoms. The van der Waals surface area contributed by atoms with Gasteiger partial charge in [-0.1, -0.05) is 6.58 Å². The Morgan fingerprint density at radius 3 is 1.75 bits per heavy atom. The molecule has 0 amide bonds. The minimum Gasteiger partial charge on any atom is -0.466 e. The second-order valence-corrected chi connectivity index (χ2v) is 1.17. The molecule has 0 rings (SSSR count). The minimum atomic E-state index is -0.394. The molecule has 0 saturated heterocycles. The Morgan fingerprint density at radius 2 is 1.75 bits per heavy atom. The van der Waals surface area contributed by atoms with Crippen molar-refractivity contribution in [3.05, 3.63) is 25.8 Å². The van der Waals surface area contributed by atoms with Gasteiger partial charge in [0.05, 0.1) is 20.3 Å². The molecule has 0 bridgehead atoms. The Morgan fingerprint density at radius 1 is 1.42 bits per heavy atom. The number of carbonyl (C=O) groups is 1. The van der Waals surface area contributed by atoms with E-state index < -0.39 is 5.97 Å². The quantitative estimate of drug-likeness (QED) is 0.356. The zero-order chi connectivity index (χ0) is 10.4. The molecule has 2 N–H and O–H groups in total. The number of rotatable bonds is 2. The van der Waals surface area contributed by atoms with Gasteiger partial charge in [0, 0.05) is 6.08 Å². The van der Waals surface area contributed by atoms with Crippen LogP contribution in [0.2, 0.25) is 0 Å². The van der Waals surface area contributed by atoms with Crippen LogP contribution in [0.4, 0.5) is 0 Å². The lowest BCUT2D eigenvalue weighted by molar-refractivity contribution is -0.134. The molecule has 0 aromatic rings. The summed E-state index contributed by atoms with van der Waals surface area (Å²) in [6.45, 7) is 8.91. The molecule has 0 aliphatic rings. The number of aliphatic hydroxyl groups excluding tert-OH is 2. The van der Waals surface area contributed by atoms with Crippen LogP contribution in [0.25, 0.3) is 0 Å². The van der Waals surface area contributed by atoms with Crippen molar-refractivity contribution in [3.8, 4) is 0 Å². The predicted octanol–water partition coefficient (Wildman–Crippen LogP) is 0.119. The van der Waals surface area contributed by atoms with E-state index in [1.165, 1.54) is 7.11 Å². The highest BCUT2D eigenvalue weighted by Crippen LogP contribution is 1.67. The fourth-order valence-electron chi connectivity index (χ4n) is 0.0833. The highest BCUT2D eigenvalue weighted by atomic mass is 16.5. The van der Waals surface area contributed by atoms with E-state index in [1.807, 2.05) is 0 Å². The summed E-state index contributed by atoms with van der Waals surface area (Å²) in [5.41, 5.74) is 0. The van der Waals surface area contributed by atoms with Gasteiger partial charge in [-0.15, -0.1) is 13.2 Å². The molecule has 0 aliphatic carbocycles. The van der Waals surface area contributed by atoms with Gasteiger partial charge in [0.15, 0.2) is 0 Å². The molecule has 0 spiro atoms. The van der Waals surface area contributed by atoms with Crippen molar-refractivity contribution in [1.82, 2.24) is 0 Å². The van der Waals surface area contributed by atoms with Gasteiger partial charge in [0.1, 0.15) is 0 Å². The van der Waals surface area contributed by atoms with Crippen molar-refractivity contribution in [2.75, 3.05) is 20.3 Å². The topological polar surface area (TPSA) is 66.8 Å². The molecule has 0 radical (unpaired) electrons. The molecule has 72 valence electrons. The van der Waals surface area contributed by atoms with Crippen LogP contribution in [0.15, 0.2) is 25.8 Å². The van der Waals surface area contributed by atoms with E-state index in [0.29, 0.717) is 0 Å². The first kappa shape index (κ1) is 17.1. The summed E-state index contributed by atoms with van der Waals surface area (Å²) in [7, 11) is 1.31. The molecule has 12 heavy (non-hydrogen) atoms. The van der Waals surface area contributed by atoms with Crippen molar-refractivity contribution in [2.24, 2.45) is 0 Å². The summed E-state index contributed by atoms with van der Waals surface area (Å²) in [5.74, 6) is -0.394. The van der Waals surface area contributed by atoms with Gasteiger partial charge >= 0.3 is 5.97 Å². The van der Waals surface area contributed by atoms with E-state index >= 15 is 0 Å². The third kappa shape index (κ3) is 36.7. The van der Waals surface area contributed by atoms with E-state index in [9.17, 15) is 4.79 Å². The van der Waals surface area contributed by atoms with Crippen LogP contribution in [0.3, 0.4) is 0 Å². The second kappa shape index (κ2) is 22.5. The molecule has 0 atom stereocenters. The molecule has 0 saturated carbocycles. The third-order valence-corrected chi connectivity index (χ3v) is 0.468. The Hall–Kier alpha value is -1.13. The van der Waals surface area contributed by atoms with Crippen LogP contribution in [0.5, 0.6) is 0 Å². The Labute approximate surface area is 72.8 Å². The average molecular weight is 176 g/mol. The molecule has 0 fully saturated rings. The Bertz CT molecular complexity index is 99.2. The SMILES string of the molecule is C=C.C=CC(=O)OC.OCCO. The Balaban J connectivity index is -0.000000118. The lowest BCUT2D eigenvalue weighted by atomic mass is 10.7. The maximum Gasteiger partial charge on any atom is 0.329 e. The zero-order valence-corrected chi connectivity index (χ0v) is 7.32. The number of hydrogen-bond donors (Lipinski definition) is 2. The summed E-state index contributed by atoms with van der Waals surface area (Å²) in [6.07, 6.45) is 1.11. The summed E-state index contributed by atoms with van der Waals surface area (Å²) in [5, 5.41) is 15.2. The fraction of sp³-hybridized carbons (Fsp3) is 0.375. The van der Waals surface area contributed by atoms with Crippen molar-refractivity contribution < 1.29 is 19.7 Å². The van der Waals surface area contributed by atoms with Gasteiger partial charge in [-0.25, -0.2) is 4.79 Å². The van der Waals surface area contributed by atoms with E-state index in [-0.39, 0.29) is 13.2 Å². The minimum absolute atomic E-state index is 0.125. The summed E-state index contributed by atoms with van der Waals surface area (Å²) < 4.78 is 4.14. The van der Waals surface area contributed by atoms with Gasteiger partial charge in [-0.3, -0.25) is 0 Å². The monoisotopic (exact) mass is 176 g/mol. The molecule has 0 aliphatic heterocycles. The number of hydrogen-bond acceptors (Lipinski definition) is 4. The second-order valence-electron chi connectivity index (χ2n) is 1.17. The molecule has 0 aromatic carbocycles. The predicted molar refractivity (Wildman–Crippen MR) is 47.6 cm³/mol. The highest BCUT2D eigenvalue weighted by molar-refractivity contribution is 5.80. The number of carbonyl (C=O) groups excluding carboxylic acids is 1. The van der Waals surface area contributed by atoms with Crippen LogP contribution in [0, 0.1) is 0 Å². The first-order valence-electron chi connectivity index (χ1n) is 3.15. The summed E-state index contributed by atoms with van der Waals surface area (Å²) in [4.78, 5) is 9.84. The maximum absolute atomic E-state index is 9.84. The third-order valence-electron chi connectivity index (χ3n) is 0.468. The zero-order valence-electron chi connectivity index (χ0n) is 7.32. The van der Waals surface area contributed by atoms with Crippen LogP contribution < -0.4 is 0 Å². The van der Waals surface area contributed by atoms with Crippen LogP contribution in [-0.2, 0) is 9.53 Å². The van der Waals surface area contributed by atoms with E-state index in [4.69, 9.17) is 10.2 Å². The van der Waals surface area contributed by atoms with Crippen molar-refractivity contribution in [1.29, 1.82) is 0 Å². The van der Waals surface area contributed by atoms with Gasteiger partial charge in [-0.2, -0.15) is 0 Å². The Kier molecular flexibility index (Phi) is 32.1. The average Bonchev–Trinajstić information content (AvgIpc) is 2.20. The van der Waals surface area contributed by atoms with Crippen LogP contribution in [-0.4, -0.2) is 36.5 Å². The smallest absolute Gasteiger partial charge is 0.329 e. The van der Waals surface area contributed by atoms with Gasteiger partial charge < -0.3 is 14.9 Å². The standard InChI is InChI=1S/C4H6O2.C2H6O2.C2H4/c1-3-4(5)6-2;3-1-2-4;1-2/h3H,1H2,2H3;3-4H,1-2H2;1-2H2. The van der Waals surface area contributed by atoms with E-state index in [0.717, 1.165) is 6.08 Å². The number of methoxy groups -OCH3 is 1. The molecular formula is C8H16O4. The normalized spacial score (nSPS) is 6.25. The number of ether oxygens (including phenoxy) is 1.